The van der Waals surface area contributed by atoms with Crippen LogP contribution in [0.3, 0.4) is 0 Å². The summed E-state index contributed by atoms with van der Waals surface area (Å²) in [5.41, 5.74) is 0.873. The highest BCUT2D eigenvalue weighted by molar-refractivity contribution is 5.75. The quantitative estimate of drug-likeness (QED) is 0.843. The standard InChI is InChI=1S/C14H23N5O/c1-11-9-15-10-16-12(11)18-5-7-19(8-6-18)13(20)17-14(2,3)4/h9-10H,5-8H2,1-4H3,(H,17,20). The number of urea groups is 1. The summed E-state index contributed by atoms with van der Waals surface area (Å²) in [5.74, 6) is 0.968. The molecule has 6 nitrogen and oxygen atoms in total. The first-order valence-electron chi connectivity index (χ1n) is 6.95. The van der Waals surface area contributed by atoms with Crippen LogP contribution in [0.4, 0.5) is 10.6 Å². The number of nitrogens with zero attached hydrogens (tertiary/aromatic N) is 4. The number of hydrogen-bond donors (Lipinski definition) is 1. The van der Waals surface area contributed by atoms with E-state index < -0.39 is 0 Å². The van der Waals surface area contributed by atoms with Crippen LogP contribution in [0, 0.1) is 6.92 Å². The fourth-order valence-corrected chi connectivity index (χ4v) is 2.24. The van der Waals surface area contributed by atoms with E-state index in [9.17, 15) is 4.79 Å². The maximum atomic E-state index is 12.1. The molecule has 6 heteroatoms. The van der Waals surface area contributed by atoms with Crippen LogP contribution in [0.5, 0.6) is 0 Å². The van der Waals surface area contributed by atoms with Gasteiger partial charge in [0.2, 0.25) is 0 Å². The van der Waals surface area contributed by atoms with E-state index in [1.807, 2.05) is 38.8 Å². The summed E-state index contributed by atoms with van der Waals surface area (Å²) in [6, 6.07) is 0.0107. The van der Waals surface area contributed by atoms with Crippen molar-refractivity contribution in [3.8, 4) is 0 Å². The molecule has 0 atom stereocenters. The first kappa shape index (κ1) is 14.6. The monoisotopic (exact) mass is 277 g/mol. The summed E-state index contributed by atoms with van der Waals surface area (Å²) >= 11 is 0. The first-order valence-corrected chi connectivity index (χ1v) is 6.95. The SMILES string of the molecule is Cc1cncnc1N1CCN(C(=O)NC(C)(C)C)CC1. The van der Waals surface area contributed by atoms with Gasteiger partial charge in [0.25, 0.3) is 0 Å². The molecule has 0 unspecified atom stereocenters. The number of amides is 2. The van der Waals surface area contributed by atoms with Gasteiger partial charge in [0.05, 0.1) is 0 Å². The minimum absolute atomic E-state index is 0.0107. The highest BCUT2D eigenvalue weighted by Gasteiger charge is 2.24. The first-order chi connectivity index (χ1) is 9.37. The van der Waals surface area contributed by atoms with Crippen LogP contribution in [0.1, 0.15) is 26.3 Å². The third-order valence-electron chi connectivity index (χ3n) is 3.22. The van der Waals surface area contributed by atoms with E-state index in [0.29, 0.717) is 13.1 Å². The molecular formula is C14H23N5O. The summed E-state index contributed by atoms with van der Waals surface area (Å²) in [6.45, 7) is 11.0. The van der Waals surface area contributed by atoms with Crippen LogP contribution >= 0.6 is 0 Å². The van der Waals surface area contributed by atoms with E-state index in [2.05, 4.69) is 20.2 Å². The Morgan fingerprint density at radius 2 is 1.90 bits per heavy atom. The predicted molar refractivity (Wildman–Crippen MR) is 78.8 cm³/mol. The molecule has 2 heterocycles. The van der Waals surface area contributed by atoms with Crippen molar-refractivity contribution in [2.24, 2.45) is 0 Å². The van der Waals surface area contributed by atoms with E-state index in [4.69, 9.17) is 0 Å². The van der Waals surface area contributed by atoms with Gasteiger partial charge in [-0.1, -0.05) is 0 Å². The Labute approximate surface area is 120 Å². The van der Waals surface area contributed by atoms with Crippen molar-refractivity contribution in [1.29, 1.82) is 0 Å². The Morgan fingerprint density at radius 1 is 1.25 bits per heavy atom. The molecule has 1 aliphatic rings. The van der Waals surface area contributed by atoms with Crippen LogP contribution in [0.2, 0.25) is 0 Å². The topological polar surface area (TPSA) is 61.4 Å². The fourth-order valence-electron chi connectivity index (χ4n) is 2.24. The summed E-state index contributed by atoms with van der Waals surface area (Å²) < 4.78 is 0. The third kappa shape index (κ3) is 3.59. The van der Waals surface area contributed by atoms with Gasteiger partial charge in [-0.2, -0.15) is 0 Å². The van der Waals surface area contributed by atoms with Gasteiger partial charge in [-0.05, 0) is 27.7 Å². The molecule has 1 aliphatic heterocycles. The van der Waals surface area contributed by atoms with Gasteiger partial charge in [-0.25, -0.2) is 14.8 Å². The van der Waals surface area contributed by atoms with Crippen molar-refractivity contribution in [2.45, 2.75) is 33.2 Å². The van der Waals surface area contributed by atoms with Crippen molar-refractivity contribution in [1.82, 2.24) is 20.2 Å². The zero-order valence-corrected chi connectivity index (χ0v) is 12.7. The molecule has 0 bridgehead atoms. The second-order valence-electron chi connectivity index (χ2n) is 6.18. The maximum absolute atomic E-state index is 12.1. The lowest BCUT2D eigenvalue weighted by Gasteiger charge is -2.37. The number of carbonyl (C=O) groups excluding carboxylic acids is 1. The van der Waals surface area contributed by atoms with Gasteiger partial charge >= 0.3 is 6.03 Å². The van der Waals surface area contributed by atoms with Crippen molar-refractivity contribution in [2.75, 3.05) is 31.1 Å². The minimum Gasteiger partial charge on any atom is -0.353 e. The number of nitrogens with one attached hydrogen (secondary N) is 1. The molecule has 0 radical (unpaired) electrons. The minimum atomic E-state index is -0.197. The zero-order valence-electron chi connectivity index (χ0n) is 12.7. The second-order valence-corrected chi connectivity index (χ2v) is 6.18. The fraction of sp³-hybridized carbons (Fsp3) is 0.643. The van der Waals surface area contributed by atoms with Crippen molar-refractivity contribution in [3.63, 3.8) is 0 Å². The number of aromatic nitrogens is 2. The van der Waals surface area contributed by atoms with Gasteiger partial charge in [0.1, 0.15) is 12.1 Å². The highest BCUT2D eigenvalue weighted by atomic mass is 16.2. The number of anilines is 1. The van der Waals surface area contributed by atoms with Gasteiger partial charge in [-0.3, -0.25) is 0 Å². The van der Waals surface area contributed by atoms with Gasteiger partial charge in [0, 0.05) is 43.5 Å². The second kappa shape index (κ2) is 5.64. The lowest BCUT2D eigenvalue weighted by atomic mass is 10.1. The van der Waals surface area contributed by atoms with E-state index in [1.165, 1.54) is 0 Å². The molecule has 1 N–H and O–H groups in total. The smallest absolute Gasteiger partial charge is 0.317 e. The summed E-state index contributed by atoms with van der Waals surface area (Å²) in [5, 5.41) is 3.00. The summed E-state index contributed by atoms with van der Waals surface area (Å²) in [6.07, 6.45) is 3.39. The highest BCUT2D eigenvalue weighted by Crippen LogP contribution is 2.17. The lowest BCUT2D eigenvalue weighted by Crippen LogP contribution is -2.55. The van der Waals surface area contributed by atoms with Gasteiger partial charge < -0.3 is 15.1 Å². The third-order valence-corrected chi connectivity index (χ3v) is 3.22. The molecule has 2 amide bonds. The number of hydrogen-bond acceptors (Lipinski definition) is 4. The average Bonchev–Trinajstić information content (AvgIpc) is 2.37. The average molecular weight is 277 g/mol. The lowest BCUT2D eigenvalue weighted by molar-refractivity contribution is 0.185. The Kier molecular flexibility index (Phi) is 4.11. The van der Waals surface area contributed by atoms with Crippen molar-refractivity contribution < 1.29 is 4.79 Å². The molecule has 1 aromatic heterocycles. The van der Waals surface area contributed by atoms with E-state index in [0.717, 1.165) is 24.5 Å². The molecule has 0 spiro atoms. The molecule has 0 aromatic carbocycles. The Hall–Kier alpha value is -1.85. The molecule has 110 valence electrons. The van der Waals surface area contributed by atoms with E-state index in [1.54, 1.807) is 6.33 Å². The Balaban J connectivity index is 1.93. The van der Waals surface area contributed by atoms with Gasteiger partial charge in [-0.15, -0.1) is 0 Å². The van der Waals surface area contributed by atoms with Crippen molar-refractivity contribution >= 4 is 11.8 Å². The molecule has 0 aliphatic carbocycles. The van der Waals surface area contributed by atoms with Gasteiger partial charge in [0.15, 0.2) is 0 Å². The Bertz CT molecular complexity index is 475. The number of carbonyl (C=O) groups is 1. The van der Waals surface area contributed by atoms with Crippen LogP contribution in [-0.2, 0) is 0 Å². The van der Waals surface area contributed by atoms with Crippen molar-refractivity contribution in [3.05, 3.63) is 18.1 Å². The number of piperazine rings is 1. The largest absolute Gasteiger partial charge is 0.353 e. The Morgan fingerprint density at radius 3 is 2.45 bits per heavy atom. The van der Waals surface area contributed by atoms with E-state index >= 15 is 0 Å². The normalized spacial score (nSPS) is 16.2. The molecule has 2 rings (SSSR count). The number of aryl methyl sites for hydroxylation is 1. The van der Waals surface area contributed by atoms with Crippen LogP contribution in [0.15, 0.2) is 12.5 Å². The van der Waals surface area contributed by atoms with Crippen LogP contribution < -0.4 is 10.2 Å². The van der Waals surface area contributed by atoms with Crippen LogP contribution in [-0.4, -0.2) is 52.6 Å². The maximum Gasteiger partial charge on any atom is 0.317 e. The summed E-state index contributed by atoms with van der Waals surface area (Å²) in [7, 11) is 0. The molecule has 1 fully saturated rings. The molecular weight excluding hydrogens is 254 g/mol. The molecule has 1 saturated heterocycles. The zero-order chi connectivity index (χ0) is 14.8. The molecule has 20 heavy (non-hydrogen) atoms. The number of rotatable bonds is 1. The van der Waals surface area contributed by atoms with E-state index in [-0.39, 0.29) is 11.6 Å². The van der Waals surface area contributed by atoms with Crippen LogP contribution in [0.25, 0.3) is 0 Å². The molecule has 1 aromatic rings. The molecule has 0 saturated carbocycles. The summed E-state index contributed by atoms with van der Waals surface area (Å²) in [4.78, 5) is 24.5. The predicted octanol–water partition coefficient (Wildman–Crippen LogP) is 1.42.